The largest absolute Gasteiger partial charge is 0.486 e. The first-order valence-corrected chi connectivity index (χ1v) is 11.2. The number of sulfonamides is 1. The third-order valence-electron chi connectivity index (χ3n) is 4.31. The van der Waals surface area contributed by atoms with E-state index in [4.69, 9.17) is 27.9 Å². The van der Waals surface area contributed by atoms with Gasteiger partial charge in [-0.3, -0.25) is 4.79 Å². The minimum atomic E-state index is -4.57. The van der Waals surface area contributed by atoms with E-state index in [1.165, 1.54) is 12.1 Å². The zero-order valence-electron chi connectivity index (χ0n) is 15.6. The molecular formula is C18H14Cl2F4N2O4S. The average Bonchev–Trinajstić information content (AvgIpc) is 2.57. The first kappa shape index (κ1) is 23.4. The first-order valence-electron chi connectivity index (χ1n) is 8.54. The van der Waals surface area contributed by atoms with Crippen LogP contribution in [0.5, 0.6) is 5.75 Å². The smallest absolute Gasteiger partial charge is 0.417 e. The molecule has 0 radical (unpaired) electrons. The Bertz CT molecular complexity index is 1140. The Hall–Kier alpha value is -2.24. The van der Waals surface area contributed by atoms with Crippen LogP contribution >= 0.6 is 23.2 Å². The van der Waals surface area contributed by atoms with Gasteiger partial charge in [0, 0.05) is 11.8 Å². The summed E-state index contributed by atoms with van der Waals surface area (Å²) in [4.78, 5) is 13.9. The van der Waals surface area contributed by atoms with Crippen LogP contribution in [0.3, 0.4) is 0 Å². The lowest BCUT2D eigenvalue weighted by molar-refractivity contribution is -0.137. The van der Waals surface area contributed by atoms with Gasteiger partial charge in [-0.05, 0) is 24.3 Å². The van der Waals surface area contributed by atoms with E-state index >= 15 is 0 Å². The molecule has 31 heavy (non-hydrogen) atoms. The van der Waals surface area contributed by atoms with E-state index in [2.05, 4.69) is 0 Å². The number of hydrogen-bond acceptors (Lipinski definition) is 5. The zero-order valence-corrected chi connectivity index (χ0v) is 18.0. The number of benzene rings is 2. The predicted octanol–water partition coefficient (Wildman–Crippen LogP) is 4.11. The molecule has 0 atom stereocenters. The summed E-state index contributed by atoms with van der Waals surface area (Å²) in [5, 5.41) is -0.852. The fraction of sp³-hybridized carbons (Fsp3) is 0.278. The van der Waals surface area contributed by atoms with Crippen LogP contribution in [0.2, 0.25) is 10.0 Å². The van der Waals surface area contributed by atoms with Gasteiger partial charge in [0.25, 0.3) is 5.91 Å². The molecule has 168 valence electrons. The van der Waals surface area contributed by atoms with Crippen LogP contribution in [0.15, 0.2) is 30.3 Å². The molecule has 3 rings (SSSR count). The molecule has 2 aromatic carbocycles. The van der Waals surface area contributed by atoms with Crippen molar-refractivity contribution in [2.75, 3.05) is 24.2 Å². The second-order valence-electron chi connectivity index (χ2n) is 6.77. The minimum Gasteiger partial charge on any atom is -0.486 e. The number of nitrogens with one attached hydrogen (secondary N) is 1. The number of nitrogens with zero attached hydrogens (tertiary/aromatic N) is 1. The second kappa shape index (κ2) is 8.36. The first-order chi connectivity index (χ1) is 14.2. The maximum Gasteiger partial charge on any atom is 0.417 e. The molecule has 13 heteroatoms. The van der Waals surface area contributed by atoms with E-state index in [1.54, 1.807) is 9.62 Å². The summed E-state index contributed by atoms with van der Waals surface area (Å²) >= 11 is 11.4. The van der Waals surface area contributed by atoms with Crippen molar-refractivity contribution in [3.8, 4) is 5.75 Å². The summed E-state index contributed by atoms with van der Waals surface area (Å²) < 4.78 is 82.3. The van der Waals surface area contributed by atoms with Crippen LogP contribution < -0.4 is 14.4 Å². The molecule has 0 spiro atoms. The highest BCUT2D eigenvalue weighted by Gasteiger charge is 2.35. The third kappa shape index (κ3) is 5.52. The Kier molecular flexibility index (Phi) is 6.32. The summed E-state index contributed by atoms with van der Waals surface area (Å²) in [6, 6.07) is 5.11. The SMILES string of the molecule is CS(=O)(=O)NC(=O)c1cc(Cl)c(F)cc1OC1CN(c2ccc(C(F)(F)F)c(Cl)c2)C1. The molecule has 1 amide bonds. The molecule has 0 aliphatic carbocycles. The highest BCUT2D eigenvalue weighted by Crippen LogP contribution is 2.37. The molecule has 6 nitrogen and oxygen atoms in total. The van der Waals surface area contributed by atoms with Crippen LogP contribution in [0.1, 0.15) is 15.9 Å². The van der Waals surface area contributed by atoms with Gasteiger partial charge in [0.15, 0.2) is 0 Å². The molecule has 2 aromatic rings. The highest BCUT2D eigenvalue weighted by molar-refractivity contribution is 7.89. The molecule has 1 heterocycles. The van der Waals surface area contributed by atoms with Crippen molar-refractivity contribution in [1.82, 2.24) is 4.72 Å². The molecule has 1 N–H and O–H groups in total. The maximum absolute atomic E-state index is 13.9. The van der Waals surface area contributed by atoms with Crippen molar-refractivity contribution < 1.29 is 35.5 Å². The highest BCUT2D eigenvalue weighted by atomic mass is 35.5. The van der Waals surface area contributed by atoms with Crippen LogP contribution in [0, 0.1) is 5.82 Å². The number of amides is 1. The zero-order chi connectivity index (χ0) is 23.1. The van der Waals surface area contributed by atoms with Gasteiger partial charge in [-0.15, -0.1) is 0 Å². The molecule has 1 saturated heterocycles. The lowest BCUT2D eigenvalue weighted by atomic mass is 10.1. The number of hydrogen-bond donors (Lipinski definition) is 1. The summed E-state index contributed by atoms with van der Waals surface area (Å²) in [7, 11) is -3.89. The molecule has 0 aromatic heterocycles. The Labute approximate surface area is 184 Å². The number of halogens is 6. The van der Waals surface area contributed by atoms with Crippen LogP contribution in [0.25, 0.3) is 0 Å². The Morgan fingerprint density at radius 1 is 1.16 bits per heavy atom. The lowest BCUT2D eigenvalue weighted by Gasteiger charge is -2.41. The molecule has 0 saturated carbocycles. The number of carbonyl (C=O) groups is 1. The summed E-state index contributed by atoms with van der Waals surface area (Å²) in [6.07, 6.45) is -4.35. The standard InChI is InChI=1S/C18H14Cl2F4N2O4S/c1-31(28,29)25-17(27)11-5-14(20)15(21)6-16(11)30-10-7-26(8-10)9-2-3-12(13(19)4-9)18(22,23)24/h2-6,10H,7-8H2,1H3,(H,25,27). The molecule has 1 fully saturated rings. The minimum absolute atomic E-state index is 0.207. The molecule has 0 bridgehead atoms. The van der Waals surface area contributed by atoms with Gasteiger partial charge in [0.2, 0.25) is 10.0 Å². The summed E-state index contributed by atoms with van der Waals surface area (Å²) in [6.45, 7) is 0.415. The van der Waals surface area contributed by atoms with Gasteiger partial charge in [-0.2, -0.15) is 13.2 Å². The van der Waals surface area contributed by atoms with Crippen LogP contribution in [-0.2, 0) is 16.2 Å². The number of anilines is 1. The van der Waals surface area contributed by atoms with E-state index < -0.39 is 49.6 Å². The van der Waals surface area contributed by atoms with Gasteiger partial charge >= 0.3 is 6.18 Å². The van der Waals surface area contributed by atoms with Crippen molar-refractivity contribution >= 4 is 44.8 Å². The van der Waals surface area contributed by atoms with E-state index in [-0.39, 0.29) is 24.4 Å². The van der Waals surface area contributed by atoms with E-state index in [9.17, 15) is 30.8 Å². The van der Waals surface area contributed by atoms with E-state index in [1.807, 2.05) is 0 Å². The molecule has 1 aliphatic rings. The summed E-state index contributed by atoms with van der Waals surface area (Å²) in [5.41, 5.74) is -0.813. The van der Waals surface area contributed by atoms with Crippen LogP contribution in [0.4, 0.5) is 23.2 Å². The lowest BCUT2D eigenvalue weighted by Crippen LogP contribution is -2.54. The van der Waals surface area contributed by atoms with Gasteiger partial charge in [0.1, 0.15) is 17.7 Å². The predicted molar refractivity (Wildman–Crippen MR) is 107 cm³/mol. The average molecular weight is 501 g/mol. The van der Waals surface area contributed by atoms with Gasteiger partial charge in [-0.25, -0.2) is 17.5 Å². The second-order valence-corrected chi connectivity index (χ2v) is 9.34. The molecular weight excluding hydrogens is 487 g/mol. The van der Waals surface area contributed by atoms with Crippen molar-refractivity contribution in [3.05, 3.63) is 57.3 Å². The van der Waals surface area contributed by atoms with E-state index in [0.29, 0.717) is 5.69 Å². The normalized spacial score (nSPS) is 14.9. The fourth-order valence-electron chi connectivity index (χ4n) is 2.86. The summed E-state index contributed by atoms with van der Waals surface area (Å²) in [5.74, 6) is -2.15. The Morgan fingerprint density at radius 3 is 2.35 bits per heavy atom. The van der Waals surface area contributed by atoms with Crippen molar-refractivity contribution in [1.29, 1.82) is 0 Å². The molecule has 0 unspecified atom stereocenters. The Balaban J connectivity index is 1.74. The topological polar surface area (TPSA) is 75.7 Å². The molecule has 1 aliphatic heterocycles. The number of carbonyl (C=O) groups excluding carboxylic acids is 1. The monoisotopic (exact) mass is 500 g/mol. The third-order valence-corrected chi connectivity index (χ3v) is 5.47. The maximum atomic E-state index is 13.9. The van der Waals surface area contributed by atoms with Gasteiger partial charge in [0.05, 0.1) is 40.5 Å². The van der Waals surface area contributed by atoms with Crippen molar-refractivity contribution in [2.24, 2.45) is 0 Å². The number of rotatable bonds is 5. The van der Waals surface area contributed by atoms with Crippen molar-refractivity contribution in [2.45, 2.75) is 12.3 Å². The van der Waals surface area contributed by atoms with Gasteiger partial charge in [-0.1, -0.05) is 23.2 Å². The van der Waals surface area contributed by atoms with E-state index in [0.717, 1.165) is 24.5 Å². The quantitative estimate of drug-likeness (QED) is 0.625. The van der Waals surface area contributed by atoms with Crippen LogP contribution in [-0.4, -0.2) is 39.8 Å². The number of alkyl halides is 3. The fourth-order valence-corrected chi connectivity index (χ4v) is 3.75. The number of ether oxygens (including phenoxy) is 1. The van der Waals surface area contributed by atoms with Gasteiger partial charge < -0.3 is 9.64 Å². The van der Waals surface area contributed by atoms with Crippen molar-refractivity contribution in [3.63, 3.8) is 0 Å². The Morgan fingerprint density at radius 2 is 1.81 bits per heavy atom.